The second-order valence-corrected chi connectivity index (χ2v) is 8.52. The fourth-order valence-corrected chi connectivity index (χ4v) is 7.24. The average molecular weight is 302 g/mol. The van der Waals surface area contributed by atoms with E-state index in [0.717, 1.165) is 38.5 Å². The Morgan fingerprint density at radius 1 is 0.810 bits per heavy atom. The third-order valence-corrected chi connectivity index (χ3v) is 7.51. The highest BCUT2D eigenvalue weighted by atomic mass is 19.4. The Balaban J connectivity index is 1.45. The molecule has 8 bridgehead atoms. The summed E-state index contributed by atoms with van der Waals surface area (Å²) in [7, 11) is 0. The van der Waals surface area contributed by atoms with E-state index < -0.39 is 24.0 Å². The minimum Gasteiger partial charge on any atom is -0.390 e. The summed E-state index contributed by atoms with van der Waals surface area (Å²) in [6.07, 6.45) is 0.832. The van der Waals surface area contributed by atoms with Crippen LogP contribution in [0.5, 0.6) is 0 Å². The molecule has 0 saturated heterocycles. The molecule has 0 aromatic heterocycles. The fraction of sp³-hybridized carbons (Fsp3) is 1.00. The summed E-state index contributed by atoms with van der Waals surface area (Å²) in [5.74, 6) is 3.16. The van der Waals surface area contributed by atoms with Crippen LogP contribution >= 0.6 is 0 Å². The molecule has 118 valence electrons. The lowest BCUT2D eigenvalue weighted by Gasteiger charge is -2.73. The zero-order valence-electron chi connectivity index (χ0n) is 11.9. The van der Waals surface area contributed by atoms with E-state index in [9.17, 15) is 18.3 Å². The minimum absolute atomic E-state index is 0.451. The van der Waals surface area contributed by atoms with Crippen molar-refractivity contribution in [2.24, 2.45) is 35.5 Å². The summed E-state index contributed by atoms with van der Waals surface area (Å²) < 4.78 is 43.1. The number of halogens is 3. The van der Waals surface area contributed by atoms with Gasteiger partial charge in [-0.2, -0.15) is 13.2 Å². The Labute approximate surface area is 122 Å². The van der Waals surface area contributed by atoms with Crippen LogP contribution in [0.25, 0.3) is 0 Å². The van der Waals surface area contributed by atoms with Crippen molar-refractivity contribution in [2.75, 3.05) is 6.61 Å². The van der Waals surface area contributed by atoms with Gasteiger partial charge < -0.3 is 9.84 Å². The number of ether oxygens (including phenoxy) is 1. The molecule has 0 aromatic carbocycles. The molecule has 0 spiro atoms. The number of alkyl halides is 3. The van der Waals surface area contributed by atoms with Gasteiger partial charge in [0.05, 0.1) is 11.2 Å². The third-order valence-electron chi connectivity index (χ3n) is 7.51. The smallest absolute Gasteiger partial charge is 0.390 e. The topological polar surface area (TPSA) is 29.5 Å². The minimum atomic E-state index is -4.23. The molecular weight excluding hydrogens is 281 g/mol. The molecule has 7 aliphatic carbocycles. The Morgan fingerprint density at radius 3 is 1.57 bits per heavy atom. The van der Waals surface area contributed by atoms with Gasteiger partial charge in [0.1, 0.15) is 6.61 Å². The van der Waals surface area contributed by atoms with Crippen LogP contribution in [0.2, 0.25) is 0 Å². The molecule has 0 aliphatic heterocycles. The van der Waals surface area contributed by atoms with Crippen LogP contribution in [0.1, 0.15) is 38.5 Å². The molecule has 7 rings (SSSR count). The second kappa shape index (κ2) is 3.61. The number of rotatable bonds is 2. The standard InChI is InChI=1S/C16H21F3O2/c17-16(18,19)7-21-15-4-11-8-1-14(20)2-9(11)13(6-15)10(3-14)12(8)5-15/h8-13,20H,1-7H2. The van der Waals surface area contributed by atoms with Crippen molar-refractivity contribution in [3.8, 4) is 0 Å². The van der Waals surface area contributed by atoms with E-state index >= 15 is 0 Å². The molecule has 7 fully saturated rings. The van der Waals surface area contributed by atoms with E-state index in [1.165, 1.54) is 0 Å². The lowest BCUT2D eigenvalue weighted by Crippen LogP contribution is -2.71. The van der Waals surface area contributed by atoms with Crippen LogP contribution < -0.4 is 0 Å². The molecule has 0 amide bonds. The molecule has 7 saturated carbocycles. The van der Waals surface area contributed by atoms with Crippen LogP contribution in [0.3, 0.4) is 0 Å². The summed E-state index contributed by atoms with van der Waals surface area (Å²) >= 11 is 0. The number of aliphatic hydroxyl groups is 1. The van der Waals surface area contributed by atoms with Crippen LogP contribution in [-0.4, -0.2) is 29.1 Å². The van der Waals surface area contributed by atoms with E-state index in [0.29, 0.717) is 35.5 Å². The Morgan fingerprint density at radius 2 is 1.19 bits per heavy atom. The van der Waals surface area contributed by atoms with Crippen molar-refractivity contribution in [1.29, 1.82) is 0 Å². The van der Waals surface area contributed by atoms with Gasteiger partial charge in [-0.3, -0.25) is 0 Å². The first kappa shape index (κ1) is 13.2. The maximum absolute atomic E-state index is 12.5. The molecule has 0 heterocycles. The molecule has 0 unspecified atom stereocenters. The molecule has 1 N–H and O–H groups in total. The van der Waals surface area contributed by atoms with Gasteiger partial charge in [-0.25, -0.2) is 0 Å². The van der Waals surface area contributed by atoms with Crippen LogP contribution in [-0.2, 0) is 4.74 Å². The van der Waals surface area contributed by atoms with Gasteiger partial charge in [0.15, 0.2) is 0 Å². The Hall–Kier alpha value is -0.290. The number of hydrogen-bond acceptors (Lipinski definition) is 2. The van der Waals surface area contributed by atoms with Crippen LogP contribution in [0, 0.1) is 35.5 Å². The van der Waals surface area contributed by atoms with Gasteiger partial charge in [0, 0.05) is 0 Å². The van der Waals surface area contributed by atoms with Gasteiger partial charge in [0.25, 0.3) is 0 Å². The monoisotopic (exact) mass is 302 g/mol. The predicted octanol–water partition coefficient (Wildman–Crippen LogP) is 3.14. The summed E-state index contributed by atoms with van der Waals surface area (Å²) in [6, 6.07) is 0. The van der Waals surface area contributed by atoms with Crippen LogP contribution in [0.15, 0.2) is 0 Å². The SMILES string of the molecule is OC12CC3C4CC5(OCC(F)(F)F)CC3C(C1)C(C5)C4C2. The maximum atomic E-state index is 12.5. The summed E-state index contributed by atoms with van der Waals surface area (Å²) in [4.78, 5) is 0. The molecule has 0 radical (unpaired) electrons. The lowest BCUT2D eigenvalue weighted by atomic mass is 9.34. The molecule has 2 nitrogen and oxygen atoms in total. The maximum Gasteiger partial charge on any atom is 0.411 e. The highest BCUT2D eigenvalue weighted by molar-refractivity contribution is 5.20. The first-order valence-electron chi connectivity index (χ1n) is 8.21. The predicted molar refractivity (Wildman–Crippen MR) is 68.3 cm³/mol. The van der Waals surface area contributed by atoms with Gasteiger partial charge >= 0.3 is 6.18 Å². The second-order valence-electron chi connectivity index (χ2n) is 8.52. The zero-order valence-corrected chi connectivity index (χ0v) is 11.9. The molecule has 21 heavy (non-hydrogen) atoms. The molecule has 5 heteroatoms. The average Bonchev–Trinajstić information content (AvgIpc) is 2.40. The fourth-order valence-electron chi connectivity index (χ4n) is 7.24. The van der Waals surface area contributed by atoms with Crippen molar-refractivity contribution in [1.82, 2.24) is 0 Å². The zero-order chi connectivity index (χ0) is 14.6. The van der Waals surface area contributed by atoms with Gasteiger partial charge in [0.2, 0.25) is 0 Å². The largest absolute Gasteiger partial charge is 0.411 e. The summed E-state index contributed by atoms with van der Waals surface area (Å²) in [5.41, 5.74) is -0.959. The van der Waals surface area contributed by atoms with Crippen molar-refractivity contribution >= 4 is 0 Å². The highest BCUT2D eigenvalue weighted by Gasteiger charge is 2.70. The van der Waals surface area contributed by atoms with E-state index in [-0.39, 0.29) is 0 Å². The van der Waals surface area contributed by atoms with E-state index in [4.69, 9.17) is 4.74 Å². The molecule has 0 aromatic rings. The van der Waals surface area contributed by atoms with Gasteiger partial charge in [-0.1, -0.05) is 0 Å². The van der Waals surface area contributed by atoms with Crippen molar-refractivity contribution in [2.45, 2.75) is 55.9 Å². The highest BCUT2D eigenvalue weighted by Crippen LogP contribution is 2.73. The van der Waals surface area contributed by atoms with E-state index in [1.54, 1.807) is 0 Å². The first-order valence-corrected chi connectivity index (χ1v) is 8.21. The van der Waals surface area contributed by atoms with Crippen LogP contribution in [0.4, 0.5) is 13.2 Å². The first-order chi connectivity index (χ1) is 9.78. The Kier molecular flexibility index (Phi) is 2.27. The molecule has 7 aliphatic rings. The quantitative estimate of drug-likeness (QED) is 0.849. The molecule has 0 atom stereocenters. The summed E-state index contributed by atoms with van der Waals surface area (Å²) in [6.45, 7) is -1.09. The van der Waals surface area contributed by atoms with Gasteiger partial charge in [-0.05, 0) is 74.0 Å². The normalized spacial score (nSPS) is 60.0. The van der Waals surface area contributed by atoms with E-state index in [2.05, 4.69) is 0 Å². The van der Waals surface area contributed by atoms with Crippen molar-refractivity contribution < 1.29 is 23.0 Å². The third kappa shape index (κ3) is 1.68. The van der Waals surface area contributed by atoms with Crippen molar-refractivity contribution in [3.05, 3.63) is 0 Å². The Bertz CT molecular complexity index is 423. The summed E-state index contributed by atoms with van der Waals surface area (Å²) in [5, 5.41) is 10.7. The number of hydrogen-bond donors (Lipinski definition) is 1. The van der Waals surface area contributed by atoms with Gasteiger partial charge in [-0.15, -0.1) is 0 Å². The van der Waals surface area contributed by atoms with Crippen molar-refractivity contribution in [3.63, 3.8) is 0 Å². The molecular formula is C16H21F3O2. The van der Waals surface area contributed by atoms with E-state index in [1.807, 2.05) is 0 Å². The lowest BCUT2D eigenvalue weighted by molar-refractivity contribution is -0.312.